The van der Waals surface area contributed by atoms with Gasteiger partial charge in [-0.05, 0) is 18.2 Å². The standard InChI is InChI=1S/C14H12ClN3O5S/c15-13-5-2-6-16-14(13)23-11-8-17(9-11)24(21,22)12-4-1-3-10(7-12)18(19)20/h1-7,11H,8-9H2. The largest absolute Gasteiger partial charge is 0.470 e. The number of rotatable bonds is 5. The van der Waals surface area contributed by atoms with Crippen LogP contribution in [0.3, 0.4) is 0 Å². The molecule has 1 aromatic carbocycles. The fourth-order valence-electron chi connectivity index (χ4n) is 2.19. The first-order valence-corrected chi connectivity index (χ1v) is 8.71. The van der Waals surface area contributed by atoms with E-state index in [1.165, 1.54) is 28.7 Å². The number of sulfonamides is 1. The number of pyridine rings is 1. The van der Waals surface area contributed by atoms with Crippen LogP contribution in [0, 0.1) is 10.1 Å². The number of nitro benzene ring substituents is 1. The molecule has 0 spiro atoms. The molecular formula is C14H12ClN3O5S. The highest BCUT2D eigenvalue weighted by Crippen LogP contribution is 2.28. The Morgan fingerprint density at radius 1 is 1.29 bits per heavy atom. The Bertz CT molecular complexity index is 883. The number of hydrogen-bond donors (Lipinski definition) is 0. The normalized spacial score (nSPS) is 15.7. The minimum absolute atomic E-state index is 0.119. The molecule has 0 unspecified atom stereocenters. The molecule has 0 saturated carbocycles. The van der Waals surface area contributed by atoms with Crippen molar-refractivity contribution in [3.8, 4) is 5.88 Å². The van der Waals surface area contributed by atoms with E-state index in [9.17, 15) is 18.5 Å². The molecule has 2 aromatic rings. The summed E-state index contributed by atoms with van der Waals surface area (Å²) in [5.41, 5.74) is -0.273. The van der Waals surface area contributed by atoms with Crippen molar-refractivity contribution in [3.05, 3.63) is 57.7 Å². The van der Waals surface area contributed by atoms with Gasteiger partial charge < -0.3 is 4.74 Å². The van der Waals surface area contributed by atoms with Gasteiger partial charge in [0, 0.05) is 18.3 Å². The molecule has 1 saturated heterocycles. The number of hydrogen-bond acceptors (Lipinski definition) is 6. The molecule has 10 heteroatoms. The van der Waals surface area contributed by atoms with Crippen molar-refractivity contribution in [1.82, 2.24) is 9.29 Å². The first-order valence-electron chi connectivity index (χ1n) is 6.90. The predicted octanol–water partition coefficient (Wildman–Crippen LogP) is 2.10. The third-order valence-corrected chi connectivity index (χ3v) is 5.60. The van der Waals surface area contributed by atoms with Crippen LogP contribution in [0.4, 0.5) is 5.69 Å². The van der Waals surface area contributed by atoms with Gasteiger partial charge in [0.15, 0.2) is 0 Å². The van der Waals surface area contributed by atoms with Gasteiger partial charge in [-0.2, -0.15) is 4.31 Å². The quantitative estimate of drug-likeness (QED) is 0.590. The molecule has 1 fully saturated rings. The van der Waals surface area contributed by atoms with Crippen molar-refractivity contribution < 1.29 is 18.1 Å². The highest BCUT2D eigenvalue weighted by atomic mass is 35.5. The van der Waals surface area contributed by atoms with E-state index in [4.69, 9.17) is 16.3 Å². The van der Waals surface area contributed by atoms with Crippen molar-refractivity contribution in [1.29, 1.82) is 0 Å². The number of nitro groups is 1. The summed E-state index contributed by atoms with van der Waals surface area (Å²) in [5, 5.41) is 11.1. The van der Waals surface area contributed by atoms with Gasteiger partial charge >= 0.3 is 0 Å². The summed E-state index contributed by atoms with van der Waals surface area (Å²) in [7, 11) is -3.80. The van der Waals surface area contributed by atoms with Crippen LogP contribution in [0.2, 0.25) is 5.02 Å². The van der Waals surface area contributed by atoms with Gasteiger partial charge in [-0.1, -0.05) is 17.7 Å². The predicted molar refractivity (Wildman–Crippen MR) is 85.5 cm³/mol. The summed E-state index contributed by atoms with van der Waals surface area (Å²) >= 11 is 5.94. The molecule has 0 bridgehead atoms. The average molecular weight is 370 g/mol. The molecule has 0 atom stereocenters. The molecule has 0 aliphatic carbocycles. The molecule has 0 radical (unpaired) electrons. The Labute approximate surface area is 142 Å². The van der Waals surface area contributed by atoms with Crippen LogP contribution in [0.5, 0.6) is 5.88 Å². The number of aromatic nitrogens is 1. The summed E-state index contributed by atoms with van der Waals surface area (Å²) in [6.45, 7) is 0.246. The number of halogens is 1. The van der Waals surface area contributed by atoms with Gasteiger partial charge in [0.05, 0.1) is 22.9 Å². The van der Waals surface area contributed by atoms with Crippen molar-refractivity contribution in [2.24, 2.45) is 0 Å². The first-order chi connectivity index (χ1) is 11.4. The third kappa shape index (κ3) is 3.18. The third-order valence-electron chi connectivity index (χ3n) is 3.48. The van der Waals surface area contributed by atoms with Crippen LogP contribution in [-0.4, -0.2) is 41.8 Å². The molecular weight excluding hydrogens is 358 g/mol. The molecule has 24 heavy (non-hydrogen) atoms. The van der Waals surface area contributed by atoms with E-state index in [1.807, 2.05) is 0 Å². The zero-order valence-corrected chi connectivity index (χ0v) is 13.8. The lowest BCUT2D eigenvalue weighted by Gasteiger charge is -2.37. The van der Waals surface area contributed by atoms with E-state index in [2.05, 4.69) is 4.98 Å². The van der Waals surface area contributed by atoms with Gasteiger partial charge in [-0.15, -0.1) is 0 Å². The maximum absolute atomic E-state index is 12.5. The van der Waals surface area contributed by atoms with Crippen molar-refractivity contribution >= 4 is 27.3 Å². The van der Waals surface area contributed by atoms with Crippen LogP contribution in [0.1, 0.15) is 0 Å². The topological polar surface area (TPSA) is 103 Å². The lowest BCUT2D eigenvalue weighted by molar-refractivity contribution is -0.385. The zero-order chi connectivity index (χ0) is 17.3. The second kappa shape index (κ2) is 6.34. The SMILES string of the molecule is O=[N+]([O-])c1cccc(S(=O)(=O)N2CC(Oc3ncccc3Cl)C2)c1. The summed E-state index contributed by atoms with van der Waals surface area (Å²) in [6, 6.07) is 8.23. The van der Waals surface area contributed by atoms with Gasteiger partial charge in [-0.25, -0.2) is 13.4 Å². The Kier molecular flexibility index (Phi) is 4.39. The summed E-state index contributed by atoms with van der Waals surface area (Å²) in [4.78, 5) is 14.0. The van der Waals surface area contributed by atoms with E-state index in [1.54, 1.807) is 12.1 Å². The van der Waals surface area contributed by atoms with Crippen LogP contribution < -0.4 is 4.74 Å². The molecule has 8 nitrogen and oxygen atoms in total. The van der Waals surface area contributed by atoms with Crippen molar-refractivity contribution in [2.45, 2.75) is 11.0 Å². The Balaban J connectivity index is 1.69. The summed E-state index contributed by atoms with van der Waals surface area (Å²) in [5.74, 6) is 0.247. The highest BCUT2D eigenvalue weighted by Gasteiger charge is 2.39. The Hall–Kier alpha value is -2.23. The lowest BCUT2D eigenvalue weighted by atomic mass is 10.2. The molecule has 0 amide bonds. The van der Waals surface area contributed by atoms with Crippen LogP contribution in [0.15, 0.2) is 47.5 Å². The fraction of sp³-hybridized carbons (Fsp3) is 0.214. The van der Waals surface area contributed by atoms with E-state index in [0.29, 0.717) is 5.02 Å². The fourth-order valence-corrected chi connectivity index (χ4v) is 3.90. The molecule has 2 heterocycles. The molecule has 1 aliphatic rings. The molecule has 3 rings (SSSR count). The number of ether oxygens (including phenoxy) is 1. The monoisotopic (exact) mass is 369 g/mol. The molecule has 1 aliphatic heterocycles. The highest BCUT2D eigenvalue weighted by molar-refractivity contribution is 7.89. The van der Waals surface area contributed by atoms with Crippen LogP contribution >= 0.6 is 11.6 Å². The Morgan fingerprint density at radius 2 is 2.04 bits per heavy atom. The number of non-ortho nitro benzene ring substituents is 1. The second-order valence-electron chi connectivity index (χ2n) is 5.11. The van der Waals surface area contributed by atoms with Crippen molar-refractivity contribution in [2.75, 3.05) is 13.1 Å². The average Bonchev–Trinajstić information content (AvgIpc) is 2.52. The second-order valence-corrected chi connectivity index (χ2v) is 7.45. The molecule has 126 valence electrons. The number of benzene rings is 1. The first kappa shape index (κ1) is 16.6. The van der Waals surface area contributed by atoms with E-state index >= 15 is 0 Å². The van der Waals surface area contributed by atoms with Gasteiger partial charge in [-0.3, -0.25) is 10.1 Å². The summed E-state index contributed by atoms with van der Waals surface area (Å²) in [6.07, 6.45) is 1.16. The minimum Gasteiger partial charge on any atom is -0.470 e. The van der Waals surface area contributed by atoms with E-state index in [0.717, 1.165) is 6.07 Å². The zero-order valence-electron chi connectivity index (χ0n) is 12.2. The minimum atomic E-state index is -3.80. The number of nitrogens with zero attached hydrogens (tertiary/aromatic N) is 3. The van der Waals surface area contributed by atoms with Gasteiger partial charge in [0.2, 0.25) is 15.9 Å². The Morgan fingerprint density at radius 3 is 2.71 bits per heavy atom. The maximum Gasteiger partial charge on any atom is 0.270 e. The van der Waals surface area contributed by atoms with Crippen molar-refractivity contribution in [3.63, 3.8) is 0 Å². The molecule has 1 aromatic heterocycles. The van der Waals surface area contributed by atoms with Gasteiger partial charge in [0.1, 0.15) is 11.1 Å². The smallest absolute Gasteiger partial charge is 0.270 e. The van der Waals surface area contributed by atoms with Gasteiger partial charge in [0.25, 0.3) is 5.69 Å². The maximum atomic E-state index is 12.5. The summed E-state index contributed by atoms with van der Waals surface area (Å²) < 4.78 is 31.7. The molecule has 0 N–H and O–H groups in total. The lowest BCUT2D eigenvalue weighted by Crippen LogP contribution is -2.56. The van der Waals surface area contributed by atoms with Crippen LogP contribution in [-0.2, 0) is 10.0 Å². The van der Waals surface area contributed by atoms with E-state index in [-0.39, 0.29) is 35.7 Å². The van der Waals surface area contributed by atoms with E-state index < -0.39 is 14.9 Å². The van der Waals surface area contributed by atoms with Crippen LogP contribution in [0.25, 0.3) is 0 Å².